The average molecular weight is 810 g/mol. The van der Waals surface area contributed by atoms with Crippen molar-refractivity contribution in [1.29, 1.82) is 0 Å². The first-order valence-electron chi connectivity index (χ1n) is 18.6. The molecule has 7 rings (SSSR count). The molecule has 294 valence electrons. The van der Waals surface area contributed by atoms with Crippen LogP contribution in [-0.2, 0) is 29.4 Å². The number of ketones is 1. The molecule has 0 amide bonds. The van der Waals surface area contributed by atoms with Crippen molar-refractivity contribution in [1.82, 2.24) is 4.31 Å². The number of allylic oxidation sites excluding steroid dienone is 2. The Morgan fingerprint density at radius 3 is 2.56 bits per heavy atom. The summed E-state index contributed by atoms with van der Waals surface area (Å²) in [7, 11) is -1.04. The second kappa shape index (κ2) is 16.9. The number of halogens is 2. The fourth-order valence-electron chi connectivity index (χ4n) is 8.43. The molecule has 3 aliphatic carbocycles. The number of fused-ring (bicyclic) bond motifs is 8. The number of ether oxygens (including phenoxy) is 2. The summed E-state index contributed by atoms with van der Waals surface area (Å²) in [6, 6.07) is 18.4. The van der Waals surface area contributed by atoms with Gasteiger partial charge in [0.15, 0.2) is 5.78 Å². The van der Waals surface area contributed by atoms with Crippen molar-refractivity contribution in [3.05, 3.63) is 122 Å². The molecule has 1 heterocycles. The Balaban J connectivity index is 1.46. The molecule has 0 saturated heterocycles. The number of Topliss-reactive ketones (excluding diaryl/α,β-unsaturated/α-hetero) is 1. The number of hydrogen-bond donors (Lipinski definition) is 2. The molecule has 2 N–H and O–H groups in total. The SMILES string of the molecule is COc1ccc(CN(C[C@]2(O)CC[C@H]3c4ccc(cc4C(=O)Cc4c(F)cccc4Cl)C[C@@H](O)CCC(C)=CCC[C@@]32C)S(=O)(=O)c2cccs2)c(OC)c1. The topological polar surface area (TPSA) is 113 Å². The van der Waals surface area contributed by atoms with Crippen LogP contribution in [0.25, 0.3) is 0 Å². The Hall–Kier alpha value is -3.58. The van der Waals surface area contributed by atoms with Gasteiger partial charge in [0.05, 0.1) is 25.9 Å². The maximum atomic E-state index is 15.0. The van der Waals surface area contributed by atoms with E-state index in [1.807, 2.05) is 26.0 Å². The van der Waals surface area contributed by atoms with Gasteiger partial charge < -0.3 is 19.7 Å². The van der Waals surface area contributed by atoms with Crippen LogP contribution in [-0.4, -0.2) is 61.2 Å². The number of thiophene rings is 1. The zero-order valence-electron chi connectivity index (χ0n) is 31.7. The van der Waals surface area contributed by atoms with Crippen molar-refractivity contribution in [2.24, 2.45) is 5.41 Å². The first-order valence-corrected chi connectivity index (χ1v) is 21.3. The van der Waals surface area contributed by atoms with E-state index >= 15 is 4.39 Å². The van der Waals surface area contributed by atoms with Crippen LogP contribution in [0.1, 0.15) is 90.9 Å². The van der Waals surface area contributed by atoms with Crippen LogP contribution in [0.2, 0.25) is 5.02 Å². The van der Waals surface area contributed by atoms with Gasteiger partial charge in [-0.05, 0) is 105 Å². The summed E-state index contributed by atoms with van der Waals surface area (Å²) >= 11 is 7.50. The number of rotatable bonds is 11. The monoisotopic (exact) mass is 809 g/mol. The summed E-state index contributed by atoms with van der Waals surface area (Å²) in [4.78, 5) is 14.3. The normalized spacial score (nSPS) is 23.3. The minimum atomic E-state index is -4.10. The van der Waals surface area contributed by atoms with Crippen molar-refractivity contribution in [2.45, 2.75) is 93.6 Å². The highest BCUT2D eigenvalue weighted by atomic mass is 35.5. The average Bonchev–Trinajstić information content (AvgIpc) is 3.79. The molecule has 0 aliphatic heterocycles. The van der Waals surface area contributed by atoms with Gasteiger partial charge in [0.1, 0.15) is 21.5 Å². The summed E-state index contributed by atoms with van der Waals surface area (Å²) in [5.41, 5.74) is 1.24. The number of methoxy groups -OCH3 is 2. The molecule has 1 saturated carbocycles. The van der Waals surface area contributed by atoms with Crippen LogP contribution in [0.5, 0.6) is 11.5 Å². The summed E-state index contributed by atoms with van der Waals surface area (Å²) in [5.74, 6) is -0.254. The molecule has 12 heteroatoms. The summed E-state index contributed by atoms with van der Waals surface area (Å²) < 4.78 is 56.5. The van der Waals surface area contributed by atoms with Crippen LogP contribution in [0.15, 0.2) is 88.0 Å². The number of carbonyl (C=O) groups is 1. The molecule has 4 aromatic rings. The number of aliphatic hydroxyl groups excluding tert-OH is 1. The summed E-state index contributed by atoms with van der Waals surface area (Å²) in [6.07, 6.45) is 4.61. The quantitative estimate of drug-likeness (QED) is 0.115. The molecule has 4 atom stereocenters. The molecule has 0 unspecified atom stereocenters. The van der Waals surface area contributed by atoms with Crippen molar-refractivity contribution in [3.63, 3.8) is 0 Å². The number of aliphatic hydroxyl groups is 2. The maximum Gasteiger partial charge on any atom is 0.252 e. The molecule has 0 spiro atoms. The van der Waals surface area contributed by atoms with E-state index < -0.39 is 33.0 Å². The van der Waals surface area contributed by atoms with Gasteiger partial charge in [0.25, 0.3) is 10.0 Å². The highest BCUT2D eigenvalue weighted by Crippen LogP contribution is 2.59. The van der Waals surface area contributed by atoms with Gasteiger partial charge in [0, 0.05) is 52.7 Å². The van der Waals surface area contributed by atoms with E-state index in [1.165, 1.54) is 23.5 Å². The lowest BCUT2D eigenvalue weighted by molar-refractivity contribution is -0.0732. The van der Waals surface area contributed by atoms with E-state index in [4.69, 9.17) is 21.1 Å². The van der Waals surface area contributed by atoms with E-state index in [0.29, 0.717) is 66.7 Å². The van der Waals surface area contributed by atoms with Gasteiger partial charge in [-0.1, -0.05) is 60.5 Å². The van der Waals surface area contributed by atoms with Crippen LogP contribution in [0.3, 0.4) is 0 Å². The third-order valence-electron chi connectivity index (χ3n) is 11.7. The van der Waals surface area contributed by atoms with E-state index in [-0.39, 0.29) is 52.4 Å². The lowest BCUT2D eigenvalue weighted by Crippen LogP contribution is -2.53. The Kier molecular flexibility index (Phi) is 12.6. The third kappa shape index (κ3) is 8.57. The second-order valence-electron chi connectivity index (χ2n) is 15.1. The van der Waals surface area contributed by atoms with E-state index in [1.54, 1.807) is 55.0 Å². The Morgan fingerprint density at radius 2 is 1.85 bits per heavy atom. The number of hydrogen-bond acceptors (Lipinski definition) is 8. The molecule has 55 heavy (non-hydrogen) atoms. The third-order valence-corrected chi connectivity index (χ3v) is 15.3. The Labute approximate surface area is 332 Å². The minimum Gasteiger partial charge on any atom is -0.497 e. The van der Waals surface area contributed by atoms with Gasteiger partial charge in [-0.25, -0.2) is 12.8 Å². The Bertz CT molecular complexity index is 2140. The number of sulfonamides is 1. The van der Waals surface area contributed by atoms with Crippen molar-refractivity contribution in [3.8, 4) is 11.5 Å². The lowest BCUT2D eigenvalue weighted by atomic mass is 9.64. The van der Waals surface area contributed by atoms with Crippen molar-refractivity contribution < 1.29 is 37.3 Å². The van der Waals surface area contributed by atoms with Gasteiger partial charge in [-0.15, -0.1) is 11.3 Å². The van der Waals surface area contributed by atoms with Crippen LogP contribution in [0.4, 0.5) is 4.39 Å². The van der Waals surface area contributed by atoms with Crippen molar-refractivity contribution >= 4 is 38.7 Å². The molecule has 8 nitrogen and oxygen atoms in total. The van der Waals surface area contributed by atoms with Gasteiger partial charge >= 0.3 is 0 Å². The van der Waals surface area contributed by atoms with E-state index in [2.05, 4.69) is 6.08 Å². The first kappa shape index (κ1) is 41.1. The van der Waals surface area contributed by atoms with Crippen LogP contribution < -0.4 is 9.47 Å². The van der Waals surface area contributed by atoms with Gasteiger partial charge in [-0.2, -0.15) is 4.31 Å². The van der Waals surface area contributed by atoms with Crippen LogP contribution in [0, 0.1) is 11.2 Å². The molecule has 3 aromatic carbocycles. The predicted molar refractivity (Wildman–Crippen MR) is 214 cm³/mol. The maximum absolute atomic E-state index is 15.0. The molecule has 3 aliphatic rings. The zero-order valence-corrected chi connectivity index (χ0v) is 34.1. The number of benzene rings is 3. The fourth-order valence-corrected chi connectivity index (χ4v) is 11.3. The largest absolute Gasteiger partial charge is 0.497 e. The lowest BCUT2D eigenvalue weighted by Gasteiger charge is -2.46. The van der Waals surface area contributed by atoms with E-state index in [9.17, 15) is 23.4 Å². The molecule has 0 radical (unpaired) electrons. The molecular weight excluding hydrogens is 761 g/mol. The van der Waals surface area contributed by atoms with Gasteiger partial charge in [-0.3, -0.25) is 4.79 Å². The minimum absolute atomic E-state index is 0.0698. The molecular formula is C43H49ClFNO7S2. The highest BCUT2D eigenvalue weighted by Gasteiger charge is 2.58. The van der Waals surface area contributed by atoms with Crippen LogP contribution >= 0.6 is 22.9 Å². The first-order chi connectivity index (χ1) is 26.2. The Morgan fingerprint density at radius 1 is 1.05 bits per heavy atom. The van der Waals surface area contributed by atoms with Gasteiger partial charge in [0.2, 0.25) is 0 Å². The zero-order chi connectivity index (χ0) is 39.5. The second-order valence-corrected chi connectivity index (χ2v) is 18.7. The molecule has 1 aromatic heterocycles. The smallest absolute Gasteiger partial charge is 0.252 e. The standard InChI is InChI=1S/C43H49ClFNO7S2/c1-28-8-6-19-42(2)36(33-17-13-29(22-31(47)15-12-28)23-34(33)39(48)25-35-37(44)9-5-10-38(35)45)18-20-43(42,49)27-46(55(50,51)41-11-7-21-54-41)26-30-14-16-32(52-3)24-40(30)53-4/h5,7-11,13-14,16-17,21,23-24,31,36,47,49H,6,12,15,18-20,22,25-27H2,1-4H3/t31-,36-,42-,43+/m0/s1. The van der Waals surface area contributed by atoms with E-state index in [0.717, 1.165) is 22.5 Å². The molecule has 1 fully saturated rings. The number of nitrogens with zero attached hydrogens (tertiary/aromatic N) is 1. The summed E-state index contributed by atoms with van der Waals surface area (Å²) in [6.45, 7) is 3.76. The van der Waals surface area contributed by atoms with Crippen molar-refractivity contribution in [2.75, 3.05) is 20.8 Å². The predicted octanol–water partition coefficient (Wildman–Crippen LogP) is 8.91. The highest BCUT2D eigenvalue weighted by molar-refractivity contribution is 7.91. The fraction of sp³-hybridized carbons (Fsp3) is 0.419. The number of carbonyl (C=O) groups excluding carboxylic acids is 1. The summed E-state index contributed by atoms with van der Waals surface area (Å²) in [5, 5.41) is 25.9. The molecule has 2 bridgehead atoms.